The number of thiazole rings is 1. The largest absolute Gasteiger partial charge is 0.332 e. The molecule has 0 spiro atoms. The molecule has 2 heterocycles. The van der Waals surface area contributed by atoms with Gasteiger partial charge in [-0.05, 0) is 19.1 Å². The van der Waals surface area contributed by atoms with Crippen LogP contribution < -0.4 is 0 Å². The number of rotatable bonds is 4. The van der Waals surface area contributed by atoms with E-state index in [4.69, 9.17) is 0 Å². The maximum atomic E-state index is 12.1. The Bertz CT molecular complexity index is 470. The molecule has 0 aliphatic carbocycles. The maximum absolute atomic E-state index is 12.1. The van der Waals surface area contributed by atoms with Crippen LogP contribution in [0.4, 0.5) is 0 Å². The van der Waals surface area contributed by atoms with Gasteiger partial charge in [0.1, 0.15) is 5.69 Å². The zero-order valence-electron chi connectivity index (χ0n) is 9.54. The minimum atomic E-state index is -0.0422. The van der Waals surface area contributed by atoms with Gasteiger partial charge in [0.25, 0.3) is 5.91 Å². The van der Waals surface area contributed by atoms with Gasteiger partial charge in [-0.1, -0.05) is 6.07 Å². The van der Waals surface area contributed by atoms with Crippen LogP contribution in [0.2, 0.25) is 0 Å². The van der Waals surface area contributed by atoms with Crippen molar-refractivity contribution < 1.29 is 4.79 Å². The molecule has 5 heteroatoms. The summed E-state index contributed by atoms with van der Waals surface area (Å²) in [5.74, 6) is -0.0422. The first kappa shape index (κ1) is 11.7. The lowest BCUT2D eigenvalue weighted by Gasteiger charge is -2.19. The van der Waals surface area contributed by atoms with Crippen molar-refractivity contribution in [1.82, 2.24) is 14.9 Å². The van der Waals surface area contributed by atoms with Crippen molar-refractivity contribution in [1.29, 1.82) is 0 Å². The summed E-state index contributed by atoms with van der Waals surface area (Å²) in [6, 6.07) is 5.70. The SMILES string of the molecule is CCN(Cc1ccccn1)C(=O)c1cscn1. The highest BCUT2D eigenvalue weighted by atomic mass is 32.1. The van der Waals surface area contributed by atoms with Gasteiger partial charge in [0, 0.05) is 18.1 Å². The Balaban J connectivity index is 2.10. The van der Waals surface area contributed by atoms with Crippen LogP contribution in [0, 0.1) is 0 Å². The molecule has 0 aliphatic heterocycles. The number of nitrogens with zero attached hydrogens (tertiary/aromatic N) is 3. The van der Waals surface area contributed by atoms with Crippen molar-refractivity contribution in [3.8, 4) is 0 Å². The molecule has 0 radical (unpaired) electrons. The van der Waals surface area contributed by atoms with Gasteiger partial charge in [0.2, 0.25) is 0 Å². The monoisotopic (exact) mass is 247 g/mol. The topological polar surface area (TPSA) is 46.1 Å². The second kappa shape index (κ2) is 5.54. The molecule has 2 rings (SSSR count). The Morgan fingerprint density at radius 1 is 1.41 bits per heavy atom. The first-order valence-corrected chi connectivity index (χ1v) is 6.33. The molecule has 88 valence electrons. The average molecular weight is 247 g/mol. The van der Waals surface area contributed by atoms with E-state index < -0.39 is 0 Å². The minimum Gasteiger partial charge on any atom is -0.332 e. The molecule has 0 unspecified atom stereocenters. The number of hydrogen-bond acceptors (Lipinski definition) is 4. The second-order valence-electron chi connectivity index (χ2n) is 3.51. The van der Waals surface area contributed by atoms with Crippen LogP contribution in [-0.4, -0.2) is 27.3 Å². The smallest absolute Gasteiger partial charge is 0.273 e. The lowest BCUT2D eigenvalue weighted by molar-refractivity contribution is 0.0745. The summed E-state index contributed by atoms with van der Waals surface area (Å²) in [5, 5.41) is 1.77. The van der Waals surface area contributed by atoms with E-state index in [1.54, 1.807) is 22.0 Å². The van der Waals surface area contributed by atoms with Gasteiger partial charge in [-0.3, -0.25) is 9.78 Å². The van der Waals surface area contributed by atoms with E-state index in [9.17, 15) is 4.79 Å². The lowest BCUT2D eigenvalue weighted by Crippen LogP contribution is -2.30. The minimum absolute atomic E-state index is 0.0422. The highest BCUT2D eigenvalue weighted by Gasteiger charge is 2.16. The zero-order valence-corrected chi connectivity index (χ0v) is 10.4. The highest BCUT2D eigenvalue weighted by molar-refractivity contribution is 7.07. The first-order chi connectivity index (χ1) is 8.31. The van der Waals surface area contributed by atoms with E-state index in [1.165, 1.54) is 11.3 Å². The molecule has 0 fully saturated rings. The predicted octanol–water partition coefficient (Wildman–Crippen LogP) is 2.20. The first-order valence-electron chi connectivity index (χ1n) is 5.38. The van der Waals surface area contributed by atoms with Crippen molar-refractivity contribution in [2.45, 2.75) is 13.5 Å². The summed E-state index contributed by atoms with van der Waals surface area (Å²) in [5.41, 5.74) is 3.06. The summed E-state index contributed by atoms with van der Waals surface area (Å²) in [6.45, 7) is 3.12. The van der Waals surface area contributed by atoms with Crippen LogP contribution in [0.3, 0.4) is 0 Å². The molecule has 0 saturated heterocycles. The fourth-order valence-corrected chi connectivity index (χ4v) is 2.02. The fourth-order valence-electron chi connectivity index (χ4n) is 1.49. The molecule has 0 saturated carbocycles. The van der Waals surface area contributed by atoms with Crippen LogP contribution in [0.1, 0.15) is 23.1 Å². The lowest BCUT2D eigenvalue weighted by atomic mass is 10.3. The van der Waals surface area contributed by atoms with Crippen LogP contribution in [0.15, 0.2) is 35.3 Å². The van der Waals surface area contributed by atoms with E-state index in [0.29, 0.717) is 18.8 Å². The Morgan fingerprint density at radius 3 is 2.88 bits per heavy atom. The molecule has 4 nitrogen and oxygen atoms in total. The van der Waals surface area contributed by atoms with E-state index >= 15 is 0 Å². The number of carbonyl (C=O) groups excluding carboxylic acids is 1. The molecular weight excluding hydrogens is 234 g/mol. The van der Waals surface area contributed by atoms with Crippen molar-refractivity contribution in [2.75, 3.05) is 6.54 Å². The van der Waals surface area contributed by atoms with Gasteiger partial charge in [0.05, 0.1) is 17.7 Å². The Morgan fingerprint density at radius 2 is 2.29 bits per heavy atom. The maximum Gasteiger partial charge on any atom is 0.273 e. The van der Waals surface area contributed by atoms with Gasteiger partial charge < -0.3 is 4.90 Å². The fraction of sp³-hybridized carbons (Fsp3) is 0.250. The van der Waals surface area contributed by atoms with Crippen LogP contribution in [-0.2, 0) is 6.54 Å². The van der Waals surface area contributed by atoms with E-state index in [2.05, 4.69) is 9.97 Å². The Kier molecular flexibility index (Phi) is 3.82. The molecule has 0 bridgehead atoms. The highest BCUT2D eigenvalue weighted by Crippen LogP contribution is 2.08. The van der Waals surface area contributed by atoms with Gasteiger partial charge in [-0.25, -0.2) is 4.98 Å². The molecule has 2 aromatic rings. The molecule has 0 N–H and O–H groups in total. The molecule has 1 amide bonds. The second-order valence-corrected chi connectivity index (χ2v) is 4.23. The van der Waals surface area contributed by atoms with Crippen LogP contribution in [0.25, 0.3) is 0 Å². The van der Waals surface area contributed by atoms with E-state index in [1.807, 2.05) is 25.1 Å². The third-order valence-corrected chi connectivity index (χ3v) is 2.99. The van der Waals surface area contributed by atoms with Gasteiger partial charge in [0.15, 0.2) is 0 Å². The normalized spacial score (nSPS) is 10.2. The summed E-state index contributed by atoms with van der Waals surface area (Å²) in [6.07, 6.45) is 1.73. The molecular formula is C12H13N3OS. The third kappa shape index (κ3) is 2.88. The average Bonchev–Trinajstić information content (AvgIpc) is 2.90. The number of aromatic nitrogens is 2. The van der Waals surface area contributed by atoms with Crippen molar-refractivity contribution >= 4 is 17.2 Å². The van der Waals surface area contributed by atoms with Crippen molar-refractivity contribution in [3.05, 3.63) is 46.7 Å². The number of hydrogen-bond donors (Lipinski definition) is 0. The standard InChI is InChI=1S/C12H13N3OS/c1-2-15(7-10-5-3-4-6-13-10)12(16)11-8-17-9-14-11/h3-6,8-9H,2,7H2,1H3. The quantitative estimate of drug-likeness (QED) is 0.832. The summed E-state index contributed by atoms with van der Waals surface area (Å²) < 4.78 is 0. The van der Waals surface area contributed by atoms with Gasteiger partial charge >= 0.3 is 0 Å². The molecule has 0 aliphatic rings. The van der Waals surface area contributed by atoms with Crippen molar-refractivity contribution in [2.24, 2.45) is 0 Å². The number of carbonyl (C=O) groups is 1. The molecule has 2 aromatic heterocycles. The summed E-state index contributed by atoms with van der Waals surface area (Å²) in [4.78, 5) is 22.1. The number of amides is 1. The molecule has 0 atom stereocenters. The van der Waals surface area contributed by atoms with Gasteiger partial charge in [-0.15, -0.1) is 11.3 Å². The van der Waals surface area contributed by atoms with E-state index in [0.717, 1.165) is 5.69 Å². The number of pyridine rings is 1. The Hall–Kier alpha value is -1.75. The Labute approximate surface area is 104 Å². The van der Waals surface area contributed by atoms with Crippen molar-refractivity contribution in [3.63, 3.8) is 0 Å². The summed E-state index contributed by atoms with van der Waals surface area (Å²) in [7, 11) is 0. The molecule has 0 aromatic carbocycles. The van der Waals surface area contributed by atoms with E-state index in [-0.39, 0.29) is 5.91 Å². The van der Waals surface area contributed by atoms with Crippen LogP contribution >= 0.6 is 11.3 Å². The molecule has 17 heavy (non-hydrogen) atoms. The summed E-state index contributed by atoms with van der Waals surface area (Å²) >= 11 is 1.43. The van der Waals surface area contributed by atoms with Gasteiger partial charge in [-0.2, -0.15) is 0 Å². The predicted molar refractivity (Wildman–Crippen MR) is 66.8 cm³/mol. The third-order valence-electron chi connectivity index (χ3n) is 2.40. The zero-order chi connectivity index (χ0) is 12.1. The van der Waals surface area contributed by atoms with Crippen LogP contribution in [0.5, 0.6) is 0 Å².